The summed E-state index contributed by atoms with van der Waals surface area (Å²) in [5.41, 5.74) is 4.56. The molecule has 0 spiro atoms. The van der Waals surface area contributed by atoms with Crippen LogP contribution in [0.25, 0.3) is 11.6 Å². The maximum absolute atomic E-state index is 14.3. The van der Waals surface area contributed by atoms with Crippen LogP contribution in [0.3, 0.4) is 0 Å². The summed E-state index contributed by atoms with van der Waals surface area (Å²) in [6.45, 7) is 9.08. The molecular weight excluding hydrogens is 331 g/mol. The Morgan fingerprint density at radius 3 is 2.65 bits per heavy atom. The van der Waals surface area contributed by atoms with Crippen LogP contribution in [-0.2, 0) is 5.41 Å². The van der Waals surface area contributed by atoms with E-state index in [4.69, 9.17) is 9.84 Å². The van der Waals surface area contributed by atoms with Gasteiger partial charge in [-0.2, -0.15) is 0 Å². The van der Waals surface area contributed by atoms with Crippen LogP contribution in [0.15, 0.2) is 30.3 Å². The minimum atomic E-state index is -1.14. The van der Waals surface area contributed by atoms with Crippen molar-refractivity contribution in [3.8, 4) is 5.75 Å². The van der Waals surface area contributed by atoms with Crippen molar-refractivity contribution in [2.24, 2.45) is 0 Å². The predicted octanol–water partition coefficient (Wildman–Crippen LogP) is 5.45. The third-order valence-corrected chi connectivity index (χ3v) is 5.08. The second kappa shape index (κ2) is 6.60. The van der Waals surface area contributed by atoms with Gasteiger partial charge in [0.15, 0.2) is 0 Å². The van der Waals surface area contributed by atoms with Gasteiger partial charge in [0, 0.05) is 11.1 Å². The van der Waals surface area contributed by atoms with E-state index >= 15 is 0 Å². The lowest BCUT2D eigenvalue weighted by atomic mass is 9.78. The van der Waals surface area contributed by atoms with Gasteiger partial charge in [-0.1, -0.05) is 19.9 Å². The predicted molar refractivity (Wildman–Crippen MR) is 101 cm³/mol. The first-order chi connectivity index (χ1) is 12.2. The molecule has 0 amide bonds. The van der Waals surface area contributed by atoms with Crippen molar-refractivity contribution in [2.45, 2.75) is 39.5 Å². The Hall–Kier alpha value is -2.62. The molecule has 0 saturated carbocycles. The van der Waals surface area contributed by atoms with Crippen molar-refractivity contribution in [1.29, 1.82) is 0 Å². The summed E-state index contributed by atoms with van der Waals surface area (Å²) in [7, 11) is 0. The fourth-order valence-electron chi connectivity index (χ4n) is 3.39. The lowest BCUT2D eigenvalue weighted by Crippen LogP contribution is -2.26. The minimum Gasteiger partial charge on any atom is -0.493 e. The Labute approximate surface area is 153 Å². The Balaban J connectivity index is 2.04. The van der Waals surface area contributed by atoms with Crippen LogP contribution in [0.2, 0.25) is 0 Å². The SMILES string of the molecule is C/C(=C\c1ccc(C(=O)O)cc1F)c1cc2c(cc1C)OCCC2(C)C. The number of hydrogen-bond donors (Lipinski definition) is 1. The number of aryl methyl sites for hydroxylation is 1. The molecule has 1 aliphatic rings. The molecule has 0 aromatic heterocycles. The number of allylic oxidation sites excluding steroid dienone is 1. The van der Waals surface area contributed by atoms with E-state index in [-0.39, 0.29) is 11.0 Å². The van der Waals surface area contributed by atoms with Crippen LogP contribution in [0, 0.1) is 12.7 Å². The Morgan fingerprint density at radius 1 is 1.27 bits per heavy atom. The number of carboxylic acids is 1. The van der Waals surface area contributed by atoms with Crippen molar-refractivity contribution in [2.75, 3.05) is 6.61 Å². The molecule has 2 aromatic carbocycles. The fraction of sp³-hybridized carbons (Fsp3) is 0.318. The van der Waals surface area contributed by atoms with Crippen LogP contribution in [0.4, 0.5) is 4.39 Å². The molecule has 0 fully saturated rings. The molecule has 1 heterocycles. The van der Waals surface area contributed by atoms with E-state index in [2.05, 4.69) is 19.9 Å². The number of halogens is 1. The van der Waals surface area contributed by atoms with Gasteiger partial charge in [0.1, 0.15) is 11.6 Å². The summed E-state index contributed by atoms with van der Waals surface area (Å²) in [6, 6.07) is 8.16. The van der Waals surface area contributed by atoms with Crippen LogP contribution >= 0.6 is 0 Å². The summed E-state index contributed by atoms with van der Waals surface area (Å²) >= 11 is 0. The van der Waals surface area contributed by atoms with Crippen LogP contribution in [0.1, 0.15) is 59.8 Å². The molecule has 26 heavy (non-hydrogen) atoms. The summed E-state index contributed by atoms with van der Waals surface area (Å²) in [6.07, 6.45) is 2.71. The fourth-order valence-corrected chi connectivity index (χ4v) is 3.39. The highest BCUT2D eigenvalue weighted by molar-refractivity contribution is 5.89. The molecular formula is C22H23FO3. The van der Waals surface area contributed by atoms with Crippen molar-refractivity contribution >= 4 is 17.6 Å². The van der Waals surface area contributed by atoms with E-state index in [9.17, 15) is 9.18 Å². The molecule has 3 nitrogen and oxygen atoms in total. The number of rotatable bonds is 3. The van der Waals surface area contributed by atoms with Gasteiger partial charge in [-0.25, -0.2) is 9.18 Å². The molecule has 3 rings (SSSR count). The zero-order chi connectivity index (χ0) is 19.1. The Bertz CT molecular complexity index is 910. The highest BCUT2D eigenvalue weighted by Crippen LogP contribution is 2.41. The third kappa shape index (κ3) is 3.36. The van der Waals surface area contributed by atoms with E-state index in [1.807, 2.05) is 19.9 Å². The van der Waals surface area contributed by atoms with Crippen molar-refractivity contribution in [3.05, 3.63) is 64.0 Å². The number of carboxylic acid groups (broad SMARTS) is 1. The normalized spacial score (nSPS) is 16.0. The van der Waals surface area contributed by atoms with Gasteiger partial charge >= 0.3 is 5.97 Å². The van der Waals surface area contributed by atoms with Gasteiger partial charge in [0.2, 0.25) is 0 Å². The highest BCUT2D eigenvalue weighted by Gasteiger charge is 2.29. The molecule has 0 bridgehead atoms. The number of carbonyl (C=O) groups is 1. The van der Waals surface area contributed by atoms with Crippen LogP contribution < -0.4 is 4.74 Å². The topological polar surface area (TPSA) is 46.5 Å². The average molecular weight is 354 g/mol. The zero-order valence-electron chi connectivity index (χ0n) is 15.5. The lowest BCUT2D eigenvalue weighted by molar-refractivity contribution is 0.0696. The summed E-state index contributed by atoms with van der Waals surface area (Å²) in [4.78, 5) is 11.0. The van der Waals surface area contributed by atoms with E-state index in [1.165, 1.54) is 17.7 Å². The first kappa shape index (κ1) is 18.2. The standard InChI is InChI=1S/C22H23FO3/c1-13(9-15-5-6-16(21(24)25)11-19(15)23)17-12-18-20(10-14(17)2)26-8-7-22(18,3)4/h5-6,9-12H,7-8H2,1-4H3,(H,24,25)/b13-9+. The zero-order valence-corrected chi connectivity index (χ0v) is 15.5. The molecule has 2 aromatic rings. The van der Waals surface area contributed by atoms with E-state index in [1.54, 1.807) is 6.08 Å². The third-order valence-electron chi connectivity index (χ3n) is 5.08. The number of aromatic carboxylic acids is 1. The van der Waals surface area contributed by atoms with E-state index in [0.29, 0.717) is 5.56 Å². The quantitative estimate of drug-likeness (QED) is 0.745. The molecule has 136 valence electrons. The van der Waals surface area contributed by atoms with Gasteiger partial charge < -0.3 is 9.84 Å². The van der Waals surface area contributed by atoms with Crippen LogP contribution in [-0.4, -0.2) is 17.7 Å². The Morgan fingerprint density at radius 2 is 2.00 bits per heavy atom. The maximum Gasteiger partial charge on any atom is 0.335 e. The van der Waals surface area contributed by atoms with Crippen molar-refractivity contribution in [3.63, 3.8) is 0 Å². The van der Waals surface area contributed by atoms with Gasteiger partial charge in [0.25, 0.3) is 0 Å². The number of benzene rings is 2. The second-order valence-corrected chi connectivity index (χ2v) is 7.51. The summed E-state index contributed by atoms with van der Waals surface area (Å²) < 4.78 is 20.1. The monoisotopic (exact) mass is 354 g/mol. The molecule has 0 atom stereocenters. The molecule has 0 unspecified atom stereocenters. The highest BCUT2D eigenvalue weighted by atomic mass is 19.1. The molecule has 4 heteroatoms. The van der Waals surface area contributed by atoms with E-state index < -0.39 is 11.8 Å². The molecule has 1 aliphatic heterocycles. The van der Waals surface area contributed by atoms with Gasteiger partial charge in [0.05, 0.1) is 12.2 Å². The minimum absolute atomic E-state index is 0.0324. The van der Waals surface area contributed by atoms with Gasteiger partial charge in [-0.15, -0.1) is 0 Å². The summed E-state index contributed by atoms with van der Waals surface area (Å²) in [5, 5.41) is 8.96. The van der Waals surface area contributed by atoms with E-state index in [0.717, 1.165) is 41.5 Å². The number of fused-ring (bicyclic) bond motifs is 1. The van der Waals surface area contributed by atoms with Gasteiger partial charge in [-0.05, 0) is 72.7 Å². The van der Waals surface area contributed by atoms with Gasteiger partial charge in [-0.3, -0.25) is 0 Å². The molecule has 0 aliphatic carbocycles. The Kier molecular flexibility index (Phi) is 4.61. The number of ether oxygens (including phenoxy) is 1. The molecule has 0 radical (unpaired) electrons. The first-order valence-electron chi connectivity index (χ1n) is 8.68. The average Bonchev–Trinajstić information content (AvgIpc) is 2.55. The molecule has 0 saturated heterocycles. The largest absolute Gasteiger partial charge is 0.493 e. The second-order valence-electron chi connectivity index (χ2n) is 7.51. The molecule has 1 N–H and O–H groups in total. The number of hydrogen-bond acceptors (Lipinski definition) is 2. The van der Waals surface area contributed by atoms with Crippen molar-refractivity contribution in [1.82, 2.24) is 0 Å². The maximum atomic E-state index is 14.3. The smallest absolute Gasteiger partial charge is 0.335 e. The van der Waals surface area contributed by atoms with Crippen molar-refractivity contribution < 1.29 is 19.0 Å². The first-order valence-corrected chi connectivity index (χ1v) is 8.68. The summed E-state index contributed by atoms with van der Waals surface area (Å²) in [5.74, 6) is -0.750. The van der Waals surface area contributed by atoms with Crippen LogP contribution in [0.5, 0.6) is 5.75 Å². The lowest BCUT2D eigenvalue weighted by Gasteiger charge is -2.33.